The van der Waals surface area contributed by atoms with Crippen molar-refractivity contribution in [1.29, 1.82) is 0 Å². The standard InChI is InChI=1S/C20H14S/c1-14(15-8-3-2-4-9-15)16-11-7-12-18-17-10-5-6-13-19(17)21-20(16)18/h2-13H,1H2. The Labute approximate surface area is 128 Å². The molecule has 0 N–H and O–H groups in total. The van der Waals surface area contributed by atoms with E-state index in [0.29, 0.717) is 0 Å². The Balaban J connectivity index is 1.99. The SMILES string of the molecule is C=C(c1ccccc1)c1cccc2c1sc1ccccc12. The van der Waals surface area contributed by atoms with Crippen LogP contribution in [-0.2, 0) is 0 Å². The molecular formula is C20H14S. The summed E-state index contributed by atoms with van der Waals surface area (Å²) in [5, 5.41) is 2.66. The molecule has 0 atom stereocenters. The molecule has 0 aliphatic carbocycles. The lowest BCUT2D eigenvalue weighted by Gasteiger charge is -2.07. The van der Waals surface area contributed by atoms with Crippen molar-refractivity contribution >= 4 is 37.1 Å². The number of hydrogen-bond donors (Lipinski definition) is 0. The van der Waals surface area contributed by atoms with Gasteiger partial charge in [-0.3, -0.25) is 0 Å². The van der Waals surface area contributed by atoms with E-state index in [2.05, 4.69) is 73.3 Å². The molecule has 0 bridgehead atoms. The van der Waals surface area contributed by atoms with Gasteiger partial charge in [0.15, 0.2) is 0 Å². The Morgan fingerprint density at radius 3 is 2.29 bits per heavy atom. The van der Waals surface area contributed by atoms with Crippen LogP contribution in [0, 0.1) is 0 Å². The van der Waals surface area contributed by atoms with Crippen LogP contribution in [0.1, 0.15) is 11.1 Å². The Hall–Kier alpha value is -2.38. The molecule has 0 unspecified atom stereocenters. The monoisotopic (exact) mass is 286 g/mol. The first-order valence-corrected chi connectivity index (χ1v) is 7.81. The van der Waals surface area contributed by atoms with Gasteiger partial charge in [-0.15, -0.1) is 11.3 Å². The van der Waals surface area contributed by atoms with Gasteiger partial charge in [-0.05, 0) is 22.8 Å². The van der Waals surface area contributed by atoms with Gasteiger partial charge < -0.3 is 0 Å². The first kappa shape index (κ1) is 12.4. The van der Waals surface area contributed by atoms with Crippen molar-refractivity contribution < 1.29 is 0 Å². The minimum Gasteiger partial charge on any atom is -0.135 e. The van der Waals surface area contributed by atoms with E-state index in [1.54, 1.807) is 0 Å². The Kier molecular flexibility index (Phi) is 2.87. The number of thiophene rings is 1. The molecule has 100 valence electrons. The maximum Gasteiger partial charge on any atom is 0.0433 e. The normalized spacial score (nSPS) is 11.0. The van der Waals surface area contributed by atoms with E-state index in [1.165, 1.54) is 31.3 Å². The Morgan fingerprint density at radius 2 is 1.43 bits per heavy atom. The third-order valence-electron chi connectivity index (χ3n) is 3.85. The molecule has 3 aromatic carbocycles. The summed E-state index contributed by atoms with van der Waals surface area (Å²) in [4.78, 5) is 0. The first-order chi connectivity index (χ1) is 10.3. The third-order valence-corrected chi connectivity index (χ3v) is 5.07. The first-order valence-electron chi connectivity index (χ1n) is 6.99. The summed E-state index contributed by atoms with van der Waals surface area (Å²) >= 11 is 1.85. The van der Waals surface area contributed by atoms with Crippen LogP contribution >= 0.6 is 11.3 Å². The quantitative estimate of drug-likeness (QED) is 0.416. The molecule has 0 nitrogen and oxygen atoms in total. The van der Waals surface area contributed by atoms with Crippen LogP contribution < -0.4 is 0 Å². The molecule has 1 heterocycles. The zero-order valence-corrected chi connectivity index (χ0v) is 12.4. The summed E-state index contributed by atoms with van der Waals surface area (Å²) in [5.41, 5.74) is 3.51. The van der Waals surface area contributed by atoms with Gasteiger partial charge in [0.05, 0.1) is 0 Å². The van der Waals surface area contributed by atoms with Gasteiger partial charge in [-0.25, -0.2) is 0 Å². The Morgan fingerprint density at radius 1 is 0.714 bits per heavy atom. The second-order valence-electron chi connectivity index (χ2n) is 5.13. The van der Waals surface area contributed by atoms with E-state index >= 15 is 0 Å². The van der Waals surface area contributed by atoms with Crippen LogP contribution in [-0.4, -0.2) is 0 Å². The zero-order chi connectivity index (χ0) is 14.2. The molecule has 0 saturated heterocycles. The minimum atomic E-state index is 1.09. The average Bonchev–Trinajstić information content (AvgIpc) is 2.94. The largest absolute Gasteiger partial charge is 0.135 e. The van der Waals surface area contributed by atoms with E-state index in [0.717, 1.165) is 5.57 Å². The molecular weight excluding hydrogens is 272 g/mol. The maximum absolute atomic E-state index is 4.32. The molecule has 0 aliphatic heterocycles. The maximum atomic E-state index is 4.32. The molecule has 21 heavy (non-hydrogen) atoms. The minimum absolute atomic E-state index is 1.09. The van der Waals surface area contributed by atoms with E-state index < -0.39 is 0 Å². The van der Waals surface area contributed by atoms with Gasteiger partial charge in [-0.2, -0.15) is 0 Å². The Bertz CT molecular complexity index is 945. The summed E-state index contributed by atoms with van der Waals surface area (Å²) in [7, 11) is 0. The number of benzene rings is 3. The lowest BCUT2D eigenvalue weighted by atomic mass is 9.98. The predicted octanol–water partition coefficient (Wildman–Crippen LogP) is 6.12. The van der Waals surface area contributed by atoms with Gasteiger partial charge in [0, 0.05) is 20.2 Å². The summed E-state index contributed by atoms with van der Waals surface area (Å²) in [6.07, 6.45) is 0. The second kappa shape index (κ2) is 4.87. The van der Waals surface area contributed by atoms with Crippen LogP contribution in [0.25, 0.3) is 25.7 Å². The van der Waals surface area contributed by atoms with Crippen LogP contribution in [0.5, 0.6) is 0 Å². The van der Waals surface area contributed by atoms with Crippen molar-refractivity contribution in [3.05, 3.63) is 90.5 Å². The van der Waals surface area contributed by atoms with E-state index in [-0.39, 0.29) is 0 Å². The summed E-state index contributed by atoms with van der Waals surface area (Å²) in [6.45, 7) is 4.32. The van der Waals surface area contributed by atoms with Crippen LogP contribution in [0.15, 0.2) is 79.4 Å². The molecule has 0 saturated carbocycles. The van der Waals surface area contributed by atoms with Gasteiger partial charge >= 0.3 is 0 Å². The van der Waals surface area contributed by atoms with E-state index in [9.17, 15) is 0 Å². The highest BCUT2D eigenvalue weighted by atomic mass is 32.1. The zero-order valence-electron chi connectivity index (χ0n) is 11.5. The smallest absolute Gasteiger partial charge is 0.0433 e. The molecule has 0 radical (unpaired) electrons. The van der Waals surface area contributed by atoms with Gasteiger partial charge in [0.25, 0.3) is 0 Å². The highest BCUT2D eigenvalue weighted by molar-refractivity contribution is 7.26. The molecule has 0 fully saturated rings. The molecule has 0 aliphatic rings. The van der Waals surface area contributed by atoms with E-state index in [1.807, 2.05) is 17.4 Å². The molecule has 1 heteroatoms. The number of hydrogen-bond acceptors (Lipinski definition) is 1. The highest BCUT2D eigenvalue weighted by Crippen LogP contribution is 2.38. The summed E-state index contributed by atoms with van der Waals surface area (Å²) < 4.78 is 2.66. The third kappa shape index (κ3) is 1.98. The van der Waals surface area contributed by atoms with Crippen molar-refractivity contribution in [3.63, 3.8) is 0 Å². The van der Waals surface area contributed by atoms with Gasteiger partial charge in [0.1, 0.15) is 0 Å². The molecule has 0 amide bonds. The van der Waals surface area contributed by atoms with Crippen molar-refractivity contribution in [2.45, 2.75) is 0 Å². The van der Waals surface area contributed by atoms with Crippen molar-refractivity contribution in [1.82, 2.24) is 0 Å². The van der Waals surface area contributed by atoms with Crippen molar-refractivity contribution in [3.8, 4) is 0 Å². The number of rotatable bonds is 2. The van der Waals surface area contributed by atoms with Gasteiger partial charge in [-0.1, -0.05) is 73.3 Å². The molecule has 4 aromatic rings. The molecule has 4 rings (SSSR count). The topological polar surface area (TPSA) is 0 Å². The lowest BCUT2D eigenvalue weighted by molar-refractivity contribution is 1.60. The van der Waals surface area contributed by atoms with Crippen LogP contribution in [0.2, 0.25) is 0 Å². The highest BCUT2D eigenvalue weighted by Gasteiger charge is 2.11. The average molecular weight is 286 g/mol. The molecule has 1 aromatic heterocycles. The fourth-order valence-corrected chi connectivity index (χ4v) is 4.02. The predicted molar refractivity (Wildman–Crippen MR) is 93.9 cm³/mol. The number of fused-ring (bicyclic) bond motifs is 3. The summed E-state index contributed by atoms with van der Waals surface area (Å²) in [5.74, 6) is 0. The van der Waals surface area contributed by atoms with Gasteiger partial charge in [0.2, 0.25) is 0 Å². The fourth-order valence-electron chi connectivity index (χ4n) is 2.78. The van der Waals surface area contributed by atoms with Crippen LogP contribution in [0.3, 0.4) is 0 Å². The summed E-state index contributed by atoms with van der Waals surface area (Å²) in [6, 6.07) is 25.5. The fraction of sp³-hybridized carbons (Fsp3) is 0. The van der Waals surface area contributed by atoms with Crippen molar-refractivity contribution in [2.24, 2.45) is 0 Å². The second-order valence-corrected chi connectivity index (χ2v) is 6.18. The van der Waals surface area contributed by atoms with Crippen molar-refractivity contribution in [2.75, 3.05) is 0 Å². The lowest BCUT2D eigenvalue weighted by Crippen LogP contribution is -1.85. The van der Waals surface area contributed by atoms with Crippen LogP contribution in [0.4, 0.5) is 0 Å². The van der Waals surface area contributed by atoms with E-state index in [4.69, 9.17) is 0 Å². The molecule has 0 spiro atoms.